The highest BCUT2D eigenvalue weighted by molar-refractivity contribution is 5.81. The van der Waals surface area contributed by atoms with Gasteiger partial charge in [-0.2, -0.15) is 4.39 Å². The summed E-state index contributed by atoms with van der Waals surface area (Å²) in [6, 6.07) is 7.48. The molecule has 0 saturated carbocycles. The van der Waals surface area contributed by atoms with Crippen LogP contribution in [0.25, 0.3) is 17.0 Å². The molecule has 1 aromatic carbocycles. The molecule has 4 nitrogen and oxygen atoms in total. The van der Waals surface area contributed by atoms with E-state index >= 15 is 0 Å². The van der Waals surface area contributed by atoms with Gasteiger partial charge in [-0.1, -0.05) is 30.4 Å². The summed E-state index contributed by atoms with van der Waals surface area (Å²) in [4.78, 5) is 0. The van der Waals surface area contributed by atoms with Crippen molar-refractivity contribution in [1.29, 1.82) is 0 Å². The fraction of sp³-hybridized carbons (Fsp3) is 0.111. The van der Waals surface area contributed by atoms with E-state index in [0.717, 1.165) is 16.7 Å². The first-order valence-corrected chi connectivity index (χ1v) is 7.08. The summed E-state index contributed by atoms with van der Waals surface area (Å²) < 4.78 is 24.0. The normalized spacial score (nSPS) is 13.5. The smallest absolute Gasteiger partial charge is 0.191 e. The molecule has 0 bridgehead atoms. The Labute approximate surface area is 134 Å². The molecule has 0 atom stereocenters. The first-order chi connectivity index (χ1) is 11.1. The van der Waals surface area contributed by atoms with E-state index in [2.05, 4.69) is 0 Å². The Kier molecular flexibility index (Phi) is 5.77. The number of halogens is 1. The molecule has 0 aliphatic heterocycles. The Morgan fingerprint density at radius 2 is 2.09 bits per heavy atom. The molecule has 0 radical (unpaired) electrons. The van der Waals surface area contributed by atoms with Gasteiger partial charge in [0.2, 0.25) is 0 Å². The zero-order chi connectivity index (χ0) is 16.7. The van der Waals surface area contributed by atoms with E-state index in [9.17, 15) is 4.39 Å². The van der Waals surface area contributed by atoms with Crippen molar-refractivity contribution in [2.75, 3.05) is 13.7 Å². The van der Waals surface area contributed by atoms with Crippen LogP contribution in [0.15, 0.2) is 70.6 Å². The lowest BCUT2D eigenvalue weighted by Gasteiger charge is -1.96. The largest absolute Gasteiger partial charge is 0.497 e. The second kappa shape index (κ2) is 8.00. The van der Waals surface area contributed by atoms with Gasteiger partial charge < -0.3 is 20.6 Å². The number of methoxy groups -OCH3 is 1. The zero-order valence-electron chi connectivity index (χ0n) is 12.8. The first-order valence-electron chi connectivity index (χ1n) is 7.08. The molecule has 0 fully saturated rings. The van der Waals surface area contributed by atoms with Gasteiger partial charge in [-0.25, -0.2) is 0 Å². The van der Waals surface area contributed by atoms with E-state index in [-0.39, 0.29) is 5.57 Å². The highest BCUT2D eigenvalue weighted by Crippen LogP contribution is 2.24. The van der Waals surface area contributed by atoms with Crippen molar-refractivity contribution in [2.24, 2.45) is 11.5 Å². The number of nitrogens with two attached hydrogens (primary N) is 2. The van der Waals surface area contributed by atoms with E-state index in [0.29, 0.717) is 12.3 Å². The molecule has 1 aromatic heterocycles. The van der Waals surface area contributed by atoms with E-state index < -0.39 is 5.95 Å². The maximum absolute atomic E-state index is 13.1. The van der Waals surface area contributed by atoms with Crippen molar-refractivity contribution in [1.82, 2.24) is 0 Å². The summed E-state index contributed by atoms with van der Waals surface area (Å²) >= 11 is 0. The van der Waals surface area contributed by atoms with Gasteiger partial charge in [-0.3, -0.25) is 0 Å². The van der Waals surface area contributed by atoms with Crippen molar-refractivity contribution in [3.8, 4) is 5.75 Å². The summed E-state index contributed by atoms with van der Waals surface area (Å²) in [5.74, 6) is 0.706. The highest BCUT2D eigenvalue weighted by Gasteiger charge is 2.02. The first kappa shape index (κ1) is 16.6. The van der Waals surface area contributed by atoms with Crippen molar-refractivity contribution >= 4 is 17.0 Å². The summed E-state index contributed by atoms with van der Waals surface area (Å²) in [6.07, 6.45) is 9.92. The molecule has 2 rings (SSSR count). The molecule has 0 amide bonds. The monoisotopic (exact) mass is 314 g/mol. The number of ether oxygens (including phenoxy) is 1. The summed E-state index contributed by atoms with van der Waals surface area (Å²) in [7, 11) is 1.62. The van der Waals surface area contributed by atoms with Crippen LogP contribution in [-0.2, 0) is 0 Å². The lowest BCUT2D eigenvalue weighted by atomic mass is 10.2. The molecule has 23 heavy (non-hydrogen) atoms. The van der Waals surface area contributed by atoms with Crippen LogP contribution in [0.1, 0.15) is 5.76 Å². The summed E-state index contributed by atoms with van der Waals surface area (Å²) in [6.45, 7) is 0.322. The van der Waals surface area contributed by atoms with Gasteiger partial charge in [0.25, 0.3) is 0 Å². The van der Waals surface area contributed by atoms with Crippen LogP contribution >= 0.6 is 0 Å². The molecule has 1 heterocycles. The number of fused-ring (bicyclic) bond motifs is 1. The summed E-state index contributed by atoms with van der Waals surface area (Å²) in [5.41, 5.74) is 11.5. The van der Waals surface area contributed by atoms with Gasteiger partial charge >= 0.3 is 0 Å². The number of allylic oxidation sites excluding steroid dienone is 5. The Morgan fingerprint density at radius 3 is 2.78 bits per heavy atom. The minimum absolute atomic E-state index is 0.273. The Hall–Kier alpha value is -2.79. The SMILES string of the molecule is COc1ccc2oc(/C=C/C=C/C(/C=C\CN)=C(/N)F)cc2c1. The molecule has 4 N–H and O–H groups in total. The average Bonchev–Trinajstić information content (AvgIpc) is 2.95. The Balaban J connectivity index is 2.12. The molecule has 0 unspecified atom stereocenters. The van der Waals surface area contributed by atoms with Crippen LogP contribution in [0.4, 0.5) is 4.39 Å². The molecule has 5 heteroatoms. The van der Waals surface area contributed by atoms with Gasteiger partial charge in [0, 0.05) is 17.5 Å². The fourth-order valence-corrected chi connectivity index (χ4v) is 1.97. The van der Waals surface area contributed by atoms with E-state index in [4.69, 9.17) is 20.6 Å². The number of hydrogen-bond acceptors (Lipinski definition) is 4. The van der Waals surface area contributed by atoms with Gasteiger partial charge in [-0.05, 0) is 30.3 Å². The van der Waals surface area contributed by atoms with Crippen LogP contribution in [0.2, 0.25) is 0 Å². The molecule has 0 spiro atoms. The average molecular weight is 314 g/mol. The number of benzene rings is 1. The van der Waals surface area contributed by atoms with Crippen molar-refractivity contribution in [2.45, 2.75) is 0 Å². The quantitative estimate of drug-likeness (QED) is 0.630. The molecule has 0 aliphatic carbocycles. The van der Waals surface area contributed by atoms with Gasteiger partial charge in [0.15, 0.2) is 5.95 Å². The standard InChI is InChI=1S/C18H19FN2O2/c1-22-15-8-9-17-14(11-15)12-16(23-17)7-3-2-5-13(18(19)21)6-4-10-20/h2-9,11-12H,10,20-21H2,1H3/b5-2+,6-4-,7-3+,18-13-. The van der Waals surface area contributed by atoms with Gasteiger partial charge in [0.05, 0.1) is 7.11 Å². The van der Waals surface area contributed by atoms with Crippen LogP contribution in [0.5, 0.6) is 5.75 Å². The van der Waals surface area contributed by atoms with Gasteiger partial charge in [-0.15, -0.1) is 0 Å². The highest BCUT2D eigenvalue weighted by atomic mass is 19.1. The lowest BCUT2D eigenvalue weighted by Crippen LogP contribution is -1.95. The number of rotatable bonds is 6. The third kappa shape index (κ3) is 4.59. The van der Waals surface area contributed by atoms with Crippen molar-refractivity contribution in [3.63, 3.8) is 0 Å². The minimum atomic E-state index is -0.754. The van der Waals surface area contributed by atoms with E-state index in [1.54, 1.807) is 37.5 Å². The van der Waals surface area contributed by atoms with E-state index in [1.165, 1.54) is 6.08 Å². The third-order valence-corrected chi connectivity index (χ3v) is 3.10. The molecule has 120 valence electrons. The second-order valence-corrected chi connectivity index (χ2v) is 4.71. The fourth-order valence-electron chi connectivity index (χ4n) is 1.97. The topological polar surface area (TPSA) is 74.4 Å². The number of furan rings is 1. The zero-order valence-corrected chi connectivity index (χ0v) is 12.8. The van der Waals surface area contributed by atoms with Crippen LogP contribution in [0.3, 0.4) is 0 Å². The van der Waals surface area contributed by atoms with Crippen LogP contribution < -0.4 is 16.2 Å². The molecular formula is C18H19FN2O2. The van der Waals surface area contributed by atoms with Gasteiger partial charge in [0.1, 0.15) is 17.1 Å². The van der Waals surface area contributed by atoms with Crippen LogP contribution in [0, 0.1) is 0 Å². The van der Waals surface area contributed by atoms with E-state index in [1.807, 2.05) is 24.3 Å². The molecular weight excluding hydrogens is 295 g/mol. The molecule has 0 aliphatic rings. The molecule has 0 saturated heterocycles. The van der Waals surface area contributed by atoms with Crippen molar-refractivity contribution < 1.29 is 13.5 Å². The Bertz CT molecular complexity index is 781. The predicted octanol–water partition coefficient (Wildman–Crippen LogP) is 3.67. The second-order valence-electron chi connectivity index (χ2n) is 4.71. The van der Waals surface area contributed by atoms with Crippen LogP contribution in [-0.4, -0.2) is 13.7 Å². The maximum Gasteiger partial charge on any atom is 0.191 e. The van der Waals surface area contributed by atoms with Crippen molar-refractivity contribution in [3.05, 3.63) is 71.9 Å². The maximum atomic E-state index is 13.1. The lowest BCUT2D eigenvalue weighted by molar-refractivity contribution is 0.415. The Morgan fingerprint density at radius 1 is 1.26 bits per heavy atom. The number of hydrogen-bond donors (Lipinski definition) is 2. The molecule has 2 aromatic rings. The minimum Gasteiger partial charge on any atom is -0.497 e. The summed E-state index contributed by atoms with van der Waals surface area (Å²) in [5, 5.41) is 0.951. The predicted molar refractivity (Wildman–Crippen MR) is 91.5 cm³/mol. The third-order valence-electron chi connectivity index (χ3n) is 3.10.